The van der Waals surface area contributed by atoms with Crippen molar-refractivity contribution < 1.29 is 9.53 Å². The predicted octanol–water partition coefficient (Wildman–Crippen LogP) is 2.81. The van der Waals surface area contributed by atoms with Crippen LogP contribution in [0.2, 0.25) is 0 Å². The molecule has 1 aromatic heterocycles. The number of amides is 1. The van der Waals surface area contributed by atoms with Gasteiger partial charge >= 0.3 is 6.09 Å². The molecule has 0 spiro atoms. The van der Waals surface area contributed by atoms with Crippen molar-refractivity contribution in [3.05, 3.63) is 30.1 Å². The van der Waals surface area contributed by atoms with E-state index in [1.807, 2.05) is 40.7 Å². The molecule has 0 bridgehead atoms. The Bertz CT molecular complexity index is 472. The van der Waals surface area contributed by atoms with Crippen LogP contribution >= 0.6 is 0 Å². The van der Waals surface area contributed by atoms with E-state index in [9.17, 15) is 4.79 Å². The van der Waals surface area contributed by atoms with E-state index in [1.165, 1.54) is 0 Å². The summed E-state index contributed by atoms with van der Waals surface area (Å²) < 4.78 is 5.24. The normalized spacial score (nSPS) is 13.5. The number of carbonyl (C=O) groups excluding carboxylic acids is 1. The van der Waals surface area contributed by atoms with Gasteiger partial charge in [0.05, 0.1) is 0 Å². The van der Waals surface area contributed by atoms with Crippen molar-refractivity contribution in [3.8, 4) is 6.07 Å². The smallest absolute Gasteiger partial charge is 0.410 e. The number of piperazine rings is 1. The average Bonchev–Trinajstić information content (AvgIpc) is 2.57. The number of aromatic nitrogens is 1. The molecule has 6 nitrogen and oxygen atoms in total. The van der Waals surface area contributed by atoms with Gasteiger partial charge in [0.1, 0.15) is 17.4 Å². The highest BCUT2D eigenvalue weighted by atomic mass is 16.6. The Morgan fingerprint density at radius 2 is 1.91 bits per heavy atom. The summed E-state index contributed by atoms with van der Waals surface area (Å²) in [5, 5.41) is 11.4. The molecule has 1 amide bonds. The first-order valence-corrected chi connectivity index (χ1v) is 7.92. The van der Waals surface area contributed by atoms with Crippen molar-refractivity contribution in [3.63, 3.8) is 0 Å². The number of nitriles is 1. The maximum absolute atomic E-state index is 11.5. The van der Waals surface area contributed by atoms with Crippen LogP contribution in [-0.2, 0) is 4.74 Å². The van der Waals surface area contributed by atoms with Crippen LogP contribution < -0.4 is 5.32 Å². The molecule has 1 aliphatic heterocycles. The Morgan fingerprint density at radius 3 is 2.30 bits per heavy atom. The summed E-state index contributed by atoms with van der Waals surface area (Å²) in [5.74, 6) is 0. The fraction of sp³-hybridized carbons (Fsp3) is 0.588. The van der Waals surface area contributed by atoms with Crippen LogP contribution in [0, 0.1) is 11.3 Å². The molecule has 6 heteroatoms. The van der Waals surface area contributed by atoms with Gasteiger partial charge in [-0.3, -0.25) is 0 Å². The molecule has 2 heterocycles. The summed E-state index contributed by atoms with van der Waals surface area (Å²) in [6.45, 7) is 12.9. The lowest BCUT2D eigenvalue weighted by Gasteiger charge is -2.30. The molecule has 1 N–H and O–H groups in total. The molecule has 0 aromatic carbocycles. The van der Waals surface area contributed by atoms with Gasteiger partial charge in [0, 0.05) is 32.4 Å². The van der Waals surface area contributed by atoms with Gasteiger partial charge in [-0.15, -0.1) is 0 Å². The van der Waals surface area contributed by atoms with E-state index in [1.54, 1.807) is 29.3 Å². The minimum atomic E-state index is -0.387. The van der Waals surface area contributed by atoms with Crippen LogP contribution in [0.3, 0.4) is 0 Å². The molecule has 2 rings (SSSR count). The molecule has 1 fully saturated rings. The molecule has 0 unspecified atom stereocenters. The summed E-state index contributed by atoms with van der Waals surface area (Å²) in [7, 11) is 0. The second-order valence-corrected chi connectivity index (χ2v) is 5.54. The Labute approximate surface area is 139 Å². The first-order valence-electron chi connectivity index (χ1n) is 7.92. The van der Waals surface area contributed by atoms with E-state index in [-0.39, 0.29) is 11.7 Å². The topological polar surface area (TPSA) is 78.2 Å². The van der Waals surface area contributed by atoms with Crippen LogP contribution in [0.1, 0.15) is 40.3 Å². The molecule has 128 valence electrons. The molecule has 0 radical (unpaired) electrons. The van der Waals surface area contributed by atoms with Crippen LogP contribution in [0.25, 0.3) is 0 Å². The quantitative estimate of drug-likeness (QED) is 0.795. The van der Waals surface area contributed by atoms with E-state index >= 15 is 0 Å². The number of nitrogens with zero attached hydrogens (tertiary/aromatic N) is 3. The lowest BCUT2D eigenvalue weighted by molar-refractivity contribution is 0.0229. The molecule has 1 saturated heterocycles. The maximum Gasteiger partial charge on any atom is 0.410 e. The summed E-state index contributed by atoms with van der Waals surface area (Å²) in [4.78, 5) is 17.0. The lowest BCUT2D eigenvalue weighted by atomic mass is 10.2. The van der Waals surface area contributed by atoms with Crippen LogP contribution in [0.5, 0.6) is 0 Å². The molecule has 1 aliphatic rings. The Balaban J connectivity index is 0.000000414. The fourth-order valence-corrected chi connectivity index (χ4v) is 1.60. The van der Waals surface area contributed by atoms with Crippen molar-refractivity contribution in [2.75, 3.05) is 26.2 Å². The zero-order chi connectivity index (χ0) is 17.7. The van der Waals surface area contributed by atoms with Crippen LogP contribution in [0.15, 0.2) is 24.4 Å². The van der Waals surface area contributed by atoms with E-state index in [2.05, 4.69) is 10.3 Å². The number of carbonyl (C=O) groups is 1. The van der Waals surface area contributed by atoms with Gasteiger partial charge in [-0.05, 0) is 32.9 Å². The summed E-state index contributed by atoms with van der Waals surface area (Å²) in [5.41, 5.74) is 0.0783. The number of nitrogens with one attached hydrogen (secondary N) is 1. The monoisotopic (exact) mass is 320 g/mol. The van der Waals surface area contributed by atoms with Crippen molar-refractivity contribution in [1.82, 2.24) is 15.2 Å². The lowest BCUT2D eigenvalue weighted by Crippen LogP contribution is -2.48. The van der Waals surface area contributed by atoms with Crippen molar-refractivity contribution in [1.29, 1.82) is 5.26 Å². The molecule has 1 aromatic rings. The van der Waals surface area contributed by atoms with Crippen molar-refractivity contribution in [2.24, 2.45) is 0 Å². The van der Waals surface area contributed by atoms with Crippen molar-refractivity contribution in [2.45, 2.75) is 40.2 Å². The number of hydrogen-bond donors (Lipinski definition) is 1. The molecular formula is C17H28N4O2. The first-order chi connectivity index (χ1) is 10.9. The summed E-state index contributed by atoms with van der Waals surface area (Å²) in [6.07, 6.45) is 1.40. The number of pyridine rings is 1. The van der Waals surface area contributed by atoms with E-state index in [4.69, 9.17) is 10.00 Å². The van der Waals surface area contributed by atoms with Crippen molar-refractivity contribution >= 4 is 6.09 Å². The van der Waals surface area contributed by atoms with Gasteiger partial charge in [0.2, 0.25) is 0 Å². The summed E-state index contributed by atoms with van der Waals surface area (Å²) in [6, 6.07) is 7.14. The second-order valence-electron chi connectivity index (χ2n) is 5.54. The van der Waals surface area contributed by atoms with Crippen LogP contribution in [-0.4, -0.2) is 47.8 Å². The molecular weight excluding hydrogens is 292 g/mol. The predicted molar refractivity (Wildman–Crippen MR) is 91.0 cm³/mol. The Hall–Kier alpha value is -2.13. The van der Waals surface area contributed by atoms with Gasteiger partial charge in [0.15, 0.2) is 0 Å². The minimum absolute atomic E-state index is 0.200. The van der Waals surface area contributed by atoms with E-state index in [0.717, 1.165) is 26.2 Å². The highest BCUT2D eigenvalue weighted by molar-refractivity contribution is 5.68. The van der Waals surface area contributed by atoms with E-state index < -0.39 is 0 Å². The van der Waals surface area contributed by atoms with Gasteiger partial charge < -0.3 is 15.0 Å². The van der Waals surface area contributed by atoms with Gasteiger partial charge in [-0.1, -0.05) is 19.9 Å². The van der Waals surface area contributed by atoms with Gasteiger partial charge in [-0.2, -0.15) is 5.26 Å². The SMILES string of the molecule is CC.CC(C)(C)OC(=O)N1CCNCC1.N#Cc1ccccn1. The zero-order valence-electron chi connectivity index (χ0n) is 14.8. The molecule has 23 heavy (non-hydrogen) atoms. The zero-order valence-corrected chi connectivity index (χ0v) is 14.8. The summed E-state index contributed by atoms with van der Waals surface area (Å²) >= 11 is 0. The highest BCUT2D eigenvalue weighted by Gasteiger charge is 2.22. The highest BCUT2D eigenvalue weighted by Crippen LogP contribution is 2.09. The second kappa shape index (κ2) is 11.4. The number of rotatable bonds is 0. The van der Waals surface area contributed by atoms with E-state index in [0.29, 0.717) is 5.69 Å². The van der Waals surface area contributed by atoms with Gasteiger partial charge in [0.25, 0.3) is 0 Å². The molecule has 0 atom stereocenters. The Morgan fingerprint density at radius 1 is 1.30 bits per heavy atom. The number of hydrogen-bond acceptors (Lipinski definition) is 5. The minimum Gasteiger partial charge on any atom is -0.444 e. The molecule has 0 saturated carbocycles. The fourth-order valence-electron chi connectivity index (χ4n) is 1.60. The third-order valence-corrected chi connectivity index (χ3v) is 2.55. The first kappa shape index (κ1) is 20.9. The maximum atomic E-state index is 11.5. The standard InChI is InChI=1S/C9H18N2O2.C6H4N2.C2H6/c1-9(2,3)13-8(12)11-6-4-10-5-7-11;7-5-6-3-1-2-4-8-6;1-2/h10H,4-7H2,1-3H3;1-4H;1-2H3. The Kier molecular flexibility index (Phi) is 10.4. The third kappa shape index (κ3) is 10.3. The van der Waals surface area contributed by atoms with Crippen LogP contribution in [0.4, 0.5) is 4.79 Å². The molecule has 0 aliphatic carbocycles. The van der Waals surface area contributed by atoms with Gasteiger partial charge in [-0.25, -0.2) is 9.78 Å². The third-order valence-electron chi connectivity index (χ3n) is 2.55. The average molecular weight is 320 g/mol. The largest absolute Gasteiger partial charge is 0.444 e. The number of ether oxygens (including phenoxy) is 1.